The first-order valence-electron chi connectivity index (χ1n) is 9.38. The number of carboxylic acids is 1. The molecule has 1 saturated carbocycles. The van der Waals surface area contributed by atoms with Gasteiger partial charge in [0.1, 0.15) is 0 Å². The number of amides is 2. The smallest absolute Gasteiger partial charge is 0.311 e. The number of hydrogen-bond donors (Lipinski definition) is 3. The van der Waals surface area contributed by atoms with E-state index in [4.69, 9.17) is 4.42 Å². The molecule has 7 heteroatoms. The highest BCUT2D eigenvalue weighted by Crippen LogP contribution is 2.36. The lowest BCUT2D eigenvalue weighted by molar-refractivity contribution is -0.150. The number of benzene rings is 1. The molecule has 0 saturated heterocycles. The van der Waals surface area contributed by atoms with Crippen LogP contribution < -0.4 is 10.6 Å². The summed E-state index contributed by atoms with van der Waals surface area (Å²) >= 11 is 0. The molecule has 0 unspecified atom stereocenters. The lowest BCUT2D eigenvalue weighted by Gasteiger charge is -2.33. The molecule has 2 amide bonds. The van der Waals surface area contributed by atoms with E-state index in [0.29, 0.717) is 24.1 Å². The van der Waals surface area contributed by atoms with Crippen LogP contribution in [0.5, 0.6) is 0 Å². The van der Waals surface area contributed by atoms with Crippen molar-refractivity contribution in [2.45, 2.75) is 39.0 Å². The number of hydrogen-bond acceptors (Lipinski definition) is 4. The fourth-order valence-electron chi connectivity index (χ4n) is 3.54. The molecule has 7 nitrogen and oxygen atoms in total. The van der Waals surface area contributed by atoms with Crippen LogP contribution in [0.2, 0.25) is 0 Å². The minimum absolute atomic E-state index is 0.100. The van der Waals surface area contributed by atoms with E-state index in [2.05, 4.69) is 10.6 Å². The lowest BCUT2D eigenvalue weighted by atomic mass is 9.74. The van der Waals surface area contributed by atoms with E-state index in [9.17, 15) is 19.5 Å². The van der Waals surface area contributed by atoms with Crippen LogP contribution >= 0.6 is 0 Å². The number of rotatable bonds is 6. The van der Waals surface area contributed by atoms with Crippen LogP contribution in [0.3, 0.4) is 0 Å². The Balaban J connectivity index is 1.70. The van der Waals surface area contributed by atoms with Gasteiger partial charge in [-0.2, -0.15) is 0 Å². The Labute approximate surface area is 163 Å². The van der Waals surface area contributed by atoms with E-state index < -0.39 is 17.3 Å². The molecule has 1 aromatic heterocycles. The second kappa shape index (κ2) is 8.29. The van der Waals surface area contributed by atoms with E-state index >= 15 is 0 Å². The molecule has 2 aromatic rings. The number of carbonyl (C=O) groups is 3. The lowest BCUT2D eigenvalue weighted by Crippen LogP contribution is -2.44. The Hall–Kier alpha value is -3.09. The number of aryl methyl sites for hydroxylation is 1. The van der Waals surface area contributed by atoms with E-state index in [0.717, 1.165) is 24.8 Å². The van der Waals surface area contributed by atoms with Crippen LogP contribution in [0.1, 0.15) is 58.6 Å². The summed E-state index contributed by atoms with van der Waals surface area (Å²) < 4.78 is 5.08. The number of carbonyl (C=O) groups excluding carboxylic acids is 2. The Morgan fingerprint density at radius 1 is 1.11 bits per heavy atom. The molecule has 1 fully saturated rings. The van der Waals surface area contributed by atoms with Gasteiger partial charge in [0.2, 0.25) is 0 Å². The van der Waals surface area contributed by atoms with E-state index in [1.807, 2.05) is 6.92 Å². The molecule has 1 aromatic carbocycles. The molecule has 0 aliphatic heterocycles. The van der Waals surface area contributed by atoms with Crippen molar-refractivity contribution in [1.29, 1.82) is 0 Å². The molecule has 3 rings (SSSR count). The highest BCUT2D eigenvalue weighted by Gasteiger charge is 2.39. The SMILES string of the molecule is Cc1ccc(C(=O)NCC2(C(=O)O)CCCCC2)cc1NC(=O)c1ccco1. The summed E-state index contributed by atoms with van der Waals surface area (Å²) in [4.78, 5) is 36.5. The van der Waals surface area contributed by atoms with Gasteiger partial charge in [-0.25, -0.2) is 0 Å². The maximum Gasteiger partial charge on any atom is 0.311 e. The minimum Gasteiger partial charge on any atom is -0.481 e. The van der Waals surface area contributed by atoms with Crippen LogP contribution in [0.4, 0.5) is 5.69 Å². The molecule has 1 heterocycles. The fraction of sp³-hybridized carbons (Fsp3) is 0.381. The predicted molar refractivity (Wildman–Crippen MR) is 103 cm³/mol. The van der Waals surface area contributed by atoms with E-state index in [-0.39, 0.29) is 18.2 Å². The van der Waals surface area contributed by atoms with Crippen molar-refractivity contribution in [3.8, 4) is 0 Å². The van der Waals surface area contributed by atoms with Gasteiger partial charge in [-0.15, -0.1) is 0 Å². The third kappa shape index (κ3) is 4.24. The maximum atomic E-state index is 12.6. The van der Waals surface area contributed by atoms with Crippen molar-refractivity contribution < 1.29 is 23.9 Å². The fourth-order valence-corrected chi connectivity index (χ4v) is 3.54. The van der Waals surface area contributed by atoms with Gasteiger partial charge in [-0.1, -0.05) is 25.3 Å². The predicted octanol–water partition coefficient (Wildman–Crippen LogP) is 3.61. The summed E-state index contributed by atoms with van der Waals surface area (Å²) in [5, 5.41) is 15.1. The highest BCUT2D eigenvalue weighted by atomic mass is 16.4. The first-order chi connectivity index (χ1) is 13.4. The van der Waals surface area contributed by atoms with Gasteiger partial charge in [-0.05, 0) is 49.6 Å². The molecular formula is C21H24N2O5. The Kier molecular flexibility index (Phi) is 5.82. The van der Waals surface area contributed by atoms with Crippen molar-refractivity contribution >= 4 is 23.5 Å². The van der Waals surface area contributed by atoms with Crippen molar-refractivity contribution in [3.63, 3.8) is 0 Å². The maximum absolute atomic E-state index is 12.6. The minimum atomic E-state index is -0.894. The van der Waals surface area contributed by atoms with Gasteiger partial charge >= 0.3 is 5.97 Å². The second-order valence-electron chi connectivity index (χ2n) is 7.29. The van der Waals surface area contributed by atoms with Crippen LogP contribution in [0, 0.1) is 12.3 Å². The molecule has 0 radical (unpaired) electrons. The largest absolute Gasteiger partial charge is 0.481 e. The average molecular weight is 384 g/mol. The molecular weight excluding hydrogens is 360 g/mol. The summed E-state index contributed by atoms with van der Waals surface area (Å²) in [6, 6.07) is 8.15. The normalized spacial score (nSPS) is 15.6. The zero-order valence-electron chi connectivity index (χ0n) is 15.8. The quantitative estimate of drug-likeness (QED) is 0.705. The van der Waals surface area contributed by atoms with Crippen molar-refractivity contribution in [2.75, 3.05) is 11.9 Å². The zero-order valence-corrected chi connectivity index (χ0v) is 15.8. The number of aliphatic carboxylic acids is 1. The van der Waals surface area contributed by atoms with Gasteiger partial charge in [0.25, 0.3) is 11.8 Å². The highest BCUT2D eigenvalue weighted by molar-refractivity contribution is 6.04. The summed E-state index contributed by atoms with van der Waals surface area (Å²) in [6.45, 7) is 1.92. The Morgan fingerprint density at radius 2 is 1.86 bits per heavy atom. The standard InChI is InChI=1S/C21H24N2O5/c1-14-7-8-15(12-16(14)23-19(25)17-6-5-11-28-17)18(24)22-13-21(20(26)27)9-3-2-4-10-21/h5-8,11-12H,2-4,9-10,13H2,1H3,(H,22,24)(H,23,25)(H,26,27). The number of furan rings is 1. The summed E-state index contributed by atoms with van der Waals surface area (Å²) in [6.07, 6.45) is 5.29. The number of nitrogens with one attached hydrogen (secondary N) is 2. The van der Waals surface area contributed by atoms with Gasteiger partial charge < -0.3 is 20.2 Å². The van der Waals surface area contributed by atoms with Crippen molar-refractivity contribution in [1.82, 2.24) is 5.32 Å². The van der Waals surface area contributed by atoms with E-state index in [1.54, 1.807) is 30.3 Å². The number of carboxylic acid groups (broad SMARTS) is 1. The monoisotopic (exact) mass is 384 g/mol. The average Bonchev–Trinajstić information content (AvgIpc) is 3.23. The topological polar surface area (TPSA) is 109 Å². The first-order valence-corrected chi connectivity index (χ1v) is 9.38. The molecule has 1 aliphatic rings. The van der Waals surface area contributed by atoms with Crippen LogP contribution in [0.15, 0.2) is 41.0 Å². The molecule has 148 valence electrons. The van der Waals surface area contributed by atoms with Crippen molar-refractivity contribution in [3.05, 3.63) is 53.5 Å². The summed E-state index contributed by atoms with van der Waals surface area (Å²) in [5.74, 6) is -1.45. The summed E-state index contributed by atoms with van der Waals surface area (Å²) in [7, 11) is 0. The van der Waals surface area contributed by atoms with Gasteiger partial charge in [0.15, 0.2) is 5.76 Å². The molecule has 0 bridgehead atoms. The van der Waals surface area contributed by atoms with Crippen molar-refractivity contribution in [2.24, 2.45) is 5.41 Å². The Bertz CT molecular complexity index is 867. The van der Waals surface area contributed by atoms with Gasteiger partial charge in [0.05, 0.1) is 11.7 Å². The van der Waals surface area contributed by atoms with E-state index in [1.165, 1.54) is 6.26 Å². The number of anilines is 1. The Morgan fingerprint density at radius 3 is 2.50 bits per heavy atom. The van der Waals surface area contributed by atoms with Crippen LogP contribution in [0.25, 0.3) is 0 Å². The summed E-state index contributed by atoms with van der Waals surface area (Å²) in [5.41, 5.74) is 0.761. The van der Waals surface area contributed by atoms with Crippen LogP contribution in [-0.2, 0) is 4.79 Å². The van der Waals surface area contributed by atoms with Gasteiger partial charge in [-0.3, -0.25) is 14.4 Å². The molecule has 0 spiro atoms. The van der Waals surface area contributed by atoms with Gasteiger partial charge in [0, 0.05) is 17.8 Å². The second-order valence-corrected chi connectivity index (χ2v) is 7.29. The van der Waals surface area contributed by atoms with Crippen LogP contribution in [-0.4, -0.2) is 29.4 Å². The first kappa shape index (κ1) is 19.7. The molecule has 3 N–H and O–H groups in total. The molecule has 1 aliphatic carbocycles. The molecule has 28 heavy (non-hydrogen) atoms. The third-order valence-corrected chi connectivity index (χ3v) is 5.34. The molecule has 0 atom stereocenters. The zero-order chi connectivity index (χ0) is 20.1. The third-order valence-electron chi connectivity index (χ3n) is 5.34.